The SMILES string of the molecule is Cc1ocnc1CNCC1CCCC1C(=O)O. The summed E-state index contributed by atoms with van der Waals surface area (Å²) in [5.41, 5.74) is 0.898. The van der Waals surface area contributed by atoms with Gasteiger partial charge in [-0.1, -0.05) is 6.42 Å². The number of aromatic nitrogens is 1. The first-order valence-corrected chi connectivity index (χ1v) is 6.01. The monoisotopic (exact) mass is 238 g/mol. The van der Waals surface area contributed by atoms with Crippen molar-refractivity contribution in [2.24, 2.45) is 11.8 Å². The second-order valence-corrected chi connectivity index (χ2v) is 4.62. The van der Waals surface area contributed by atoms with E-state index >= 15 is 0 Å². The van der Waals surface area contributed by atoms with Crippen LogP contribution in [-0.2, 0) is 11.3 Å². The fourth-order valence-electron chi connectivity index (χ4n) is 2.48. The van der Waals surface area contributed by atoms with Crippen molar-refractivity contribution in [3.05, 3.63) is 17.8 Å². The van der Waals surface area contributed by atoms with Crippen LogP contribution in [0.15, 0.2) is 10.8 Å². The van der Waals surface area contributed by atoms with Crippen LogP contribution in [0.4, 0.5) is 0 Å². The second kappa shape index (κ2) is 5.31. The molecule has 1 aliphatic rings. The first-order valence-electron chi connectivity index (χ1n) is 6.01. The van der Waals surface area contributed by atoms with Crippen molar-refractivity contribution in [1.29, 1.82) is 0 Å². The third-order valence-electron chi connectivity index (χ3n) is 3.52. The number of aliphatic carboxylic acids is 1. The number of hydrogen-bond donors (Lipinski definition) is 2. The van der Waals surface area contributed by atoms with Crippen LogP contribution in [-0.4, -0.2) is 22.6 Å². The molecule has 5 nitrogen and oxygen atoms in total. The van der Waals surface area contributed by atoms with Gasteiger partial charge in [-0.3, -0.25) is 4.79 Å². The van der Waals surface area contributed by atoms with Gasteiger partial charge in [-0.2, -0.15) is 0 Å². The lowest BCUT2D eigenvalue weighted by Gasteiger charge is -2.15. The molecular formula is C12H18N2O3. The molecule has 1 aromatic rings. The highest BCUT2D eigenvalue weighted by atomic mass is 16.4. The quantitative estimate of drug-likeness (QED) is 0.814. The molecule has 2 unspecified atom stereocenters. The summed E-state index contributed by atoms with van der Waals surface area (Å²) in [6.45, 7) is 3.26. The Morgan fingerprint density at radius 1 is 1.65 bits per heavy atom. The summed E-state index contributed by atoms with van der Waals surface area (Å²) in [5, 5.41) is 12.3. The molecule has 2 atom stereocenters. The van der Waals surface area contributed by atoms with E-state index < -0.39 is 5.97 Å². The molecule has 0 saturated heterocycles. The average molecular weight is 238 g/mol. The lowest BCUT2D eigenvalue weighted by molar-refractivity contribution is -0.142. The zero-order chi connectivity index (χ0) is 12.3. The van der Waals surface area contributed by atoms with Crippen LogP contribution in [0.2, 0.25) is 0 Å². The molecule has 94 valence electrons. The summed E-state index contributed by atoms with van der Waals surface area (Å²) < 4.78 is 5.10. The Kier molecular flexibility index (Phi) is 3.78. The molecule has 1 heterocycles. The molecule has 0 aromatic carbocycles. The minimum atomic E-state index is -0.660. The topological polar surface area (TPSA) is 75.4 Å². The number of hydrogen-bond acceptors (Lipinski definition) is 4. The molecule has 1 aromatic heterocycles. The van der Waals surface area contributed by atoms with E-state index in [-0.39, 0.29) is 11.8 Å². The van der Waals surface area contributed by atoms with E-state index in [1.807, 2.05) is 6.92 Å². The van der Waals surface area contributed by atoms with E-state index in [0.29, 0.717) is 6.54 Å². The highest BCUT2D eigenvalue weighted by molar-refractivity contribution is 5.70. The molecule has 2 rings (SSSR count). The average Bonchev–Trinajstić information content (AvgIpc) is 2.88. The number of carboxylic acids is 1. The fraction of sp³-hybridized carbons (Fsp3) is 0.667. The molecule has 1 aliphatic carbocycles. The van der Waals surface area contributed by atoms with E-state index in [0.717, 1.165) is 37.3 Å². The molecular weight excluding hydrogens is 220 g/mol. The normalized spacial score (nSPS) is 24.1. The van der Waals surface area contributed by atoms with Crippen molar-refractivity contribution < 1.29 is 14.3 Å². The van der Waals surface area contributed by atoms with Gasteiger partial charge < -0.3 is 14.8 Å². The summed E-state index contributed by atoms with van der Waals surface area (Å²) in [5.74, 6) is 0.228. The van der Waals surface area contributed by atoms with E-state index in [4.69, 9.17) is 9.52 Å². The Bertz CT molecular complexity index is 389. The highest BCUT2D eigenvalue weighted by Gasteiger charge is 2.32. The fourth-order valence-corrected chi connectivity index (χ4v) is 2.48. The molecule has 0 aliphatic heterocycles. The predicted molar refractivity (Wildman–Crippen MR) is 61.4 cm³/mol. The number of nitrogens with zero attached hydrogens (tertiary/aromatic N) is 1. The first-order chi connectivity index (χ1) is 8.18. The summed E-state index contributed by atoms with van der Waals surface area (Å²) >= 11 is 0. The predicted octanol–water partition coefficient (Wildman–Crippen LogP) is 1.57. The number of oxazole rings is 1. The maximum absolute atomic E-state index is 11.0. The van der Waals surface area contributed by atoms with Gasteiger partial charge in [0.05, 0.1) is 11.6 Å². The Hall–Kier alpha value is -1.36. The van der Waals surface area contributed by atoms with Crippen LogP contribution in [0.3, 0.4) is 0 Å². The van der Waals surface area contributed by atoms with Crippen LogP contribution in [0.5, 0.6) is 0 Å². The van der Waals surface area contributed by atoms with Crippen molar-refractivity contribution in [3.63, 3.8) is 0 Å². The minimum Gasteiger partial charge on any atom is -0.481 e. The lowest BCUT2D eigenvalue weighted by Crippen LogP contribution is -2.28. The number of carboxylic acid groups (broad SMARTS) is 1. The highest BCUT2D eigenvalue weighted by Crippen LogP contribution is 2.31. The molecule has 0 spiro atoms. The van der Waals surface area contributed by atoms with Crippen molar-refractivity contribution in [2.45, 2.75) is 32.7 Å². The van der Waals surface area contributed by atoms with E-state index in [2.05, 4.69) is 10.3 Å². The second-order valence-electron chi connectivity index (χ2n) is 4.62. The first kappa shape index (κ1) is 12.1. The summed E-state index contributed by atoms with van der Waals surface area (Å²) in [4.78, 5) is 15.1. The minimum absolute atomic E-state index is 0.180. The molecule has 0 radical (unpaired) electrons. The van der Waals surface area contributed by atoms with E-state index in [1.54, 1.807) is 0 Å². The number of carbonyl (C=O) groups is 1. The van der Waals surface area contributed by atoms with Crippen LogP contribution < -0.4 is 5.32 Å². The molecule has 2 N–H and O–H groups in total. The van der Waals surface area contributed by atoms with Crippen LogP contribution >= 0.6 is 0 Å². The smallest absolute Gasteiger partial charge is 0.306 e. The Morgan fingerprint density at radius 2 is 2.47 bits per heavy atom. The molecule has 5 heteroatoms. The van der Waals surface area contributed by atoms with Gasteiger partial charge in [-0.15, -0.1) is 0 Å². The number of rotatable bonds is 5. The third kappa shape index (κ3) is 2.85. The molecule has 1 fully saturated rings. The van der Waals surface area contributed by atoms with Gasteiger partial charge in [0.25, 0.3) is 0 Å². The summed E-state index contributed by atoms with van der Waals surface area (Å²) in [7, 11) is 0. The van der Waals surface area contributed by atoms with Crippen molar-refractivity contribution in [3.8, 4) is 0 Å². The lowest BCUT2D eigenvalue weighted by atomic mass is 9.96. The van der Waals surface area contributed by atoms with Gasteiger partial charge in [-0.25, -0.2) is 4.98 Å². The maximum atomic E-state index is 11.0. The van der Waals surface area contributed by atoms with Gasteiger partial charge >= 0.3 is 5.97 Å². The van der Waals surface area contributed by atoms with Crippen LogP contribution in [0.1, 0.15) is 30.7 Å². The Morgan fingerprint density at radius 3 is 3.12 bits per heavy atom. The van der Waals surface area contributed by atoms with Crippen molar-refractivity contribution >= 4 is 5.97 Å². The van der Waals surface area contributed by atoms with Crippen LogP contribution in [0, 0.1) is 18.8 Å². The standard InChI is InChI=1S/C12H18N2O3/c1-8-11(14-7-17-8)6-13-5-9-3-2-4-10(9)12(15)16/h7,9-10,13H,2-6H2,1H3,(H,15,16). The largest absolute Gasteiger partial charge is 0.481 e. The van der Waals surface area contributed by atoms with E-state index in [9.17, 15) is 4.79 Å². The zero-order valence-electron chi connectivity index (χ0n) is 9.98. The zero-order valence-corrected chi connectivity index (χ0v) is 9.98. The van der Waals surface area contributed by atoms with Gasteiger partial charge in [-0.05, 0) is 32.2 Å². The number of nitrogens with one attached hydrogen (secondary N) is 1. The Balaban J connectivity index is 1.79. The van der Waals surface area contributed by atoms with Gasteiger partial charge in [0.15, 0.2) is 6.39 Å². The van der Waals surface area contributed by atoms with Crippen molar-refractivity contribution in [2.75, 3.05) is 6.54 Å². The van der Waals surface area contributed by atoms with Crippen LogP contribution in [0.25, 0.3) is 0 Å². The van der Waals surface area contributed by atoms with Crippen molar-refractivity contribution in [1.82, 2.24) is 10.3 Å². The molecule has 0 amide bonds. The maximum Gasteiger partial charge on any atom is 0.306 e. The summed E-state index contributed by atoms with van der Waals surface area (Å²) in [6, 6.07) is 0. The number of aryl methyl sites for hydroxylation is 1. The van der Waals surface area contributed by atoms with E-state index in [1.165, 1.54) is 6.39 Å². The molecule has 1 saturated carbocycles. The molecule has 0 bridgehead atoms. The van der Waals surface area contributed by atoms with Gasteiger partial charge in [0.1, 0.15) is 5.76 Å². The summed E-state index contributed by atoms with van der Waals surface area (Å²) in [6.07, 6.45) is 4.26. The van der Waals surface area contributed by atoms with Gasteiger partial charge in [0.2, 0.25) is 0 Å². The Labute approximate surface area is 100 Å². The molecule has 17 heavy (non-hydrogen) atoms. The van der Waals surface area contributed by atoms with Gasteiger partial charge in [0, 0.05) is 6.54 Å². The third-order valence-corrected chi connectivity index (χ3v) is 3.52.